The number of alkyl halides is 2. The molecule has 0 spiro atoms. The van der Waals surface area contributed by atoms with E-state index in [1.807, 2.05) is 84.9 Å². The average molecular weight is 802 g/mol. The maximum absolute atomic E-state index is 16.8. The fourth-order valence-electron chi connectivity index (χ4n) is 7.03. The number of hydrogen-bond acceptors (Lipinski definition) is 10. The van der Waals surface area contributed by atoms with Crippen LogP contribution < -0.4 is 10.1 Å². The molecule has 8 rings (SSSR count). The first-order valence-electron chi connectivity index (χ1n) is 18.1. The van der Waals surface area contributed by atoms with Gasteiger partial charge >= 0.3 is 17.9 Å². The molecule has 292 valence electrons. The van der Waals surface area contributed by atoms with Crippen LogP contribution in [0.25, 0.3) is 11.2 Å². The van der Waals surface area contributed by atoms with E-state index in [0.717, 1.165) is 27.6 Å². The smallest absolute Gasteiger partial charge is 0.338 e. The first-order chi connectivity index (χ1) is 28.2. The maximum atomic E-state index is 16.8. The van der Waals surface area contributed by atoms with Gasteiger partial charge in [0.25, 0.3) is 0 Å². The van der Waals surface area contributed by atoms with E-state index in [2.05, 4.69) is 15.3 Å². The minimum atomic E-state index is -3.91. The Labute approximate surface area is 336 Å². The third-order valence-electron chi connectivity index (χ3n) is 9.85. The number of imidazole rings is 1. The van der Waals surface area contributed by atoms with Crippen LogP contribution in [0.1, 0.15) is 43.6 Å². The Hall–Kier alpha value is -6.70. The summed E-state index contributed by atoms with van der Waals surface area (Å²) in [6.07, 6.45) is -4.83. The van der Waals surface area contributed by atoms with Gasteiger partial charge in [0.1, 0.15) is 29.5 Å². The quantitative estimate of drug-likeness (QED) is 0.0730. The predicted octanol–water partition coefficient (Wildman–Crippen LogP) is 8.51. The molecular formula is C44H34ClF2N5O6. The van der Waals surface area contributed by atoms with Gasteiger partial charge in [-0.1, -0.05) is 121 Å². The Kier molecular flexibility index (Phi) is 10.6. The lowest BCUT2D eigenvalue weighted by Crippen LogP contribution is -2.43. The Morgan fingerprint density at radius 1 is 0.776 bits per heavy atom. The lowest BCUT2D eigenvalue weighted by atomic mass is 9.77. The van der Waals surface area contributed by atoms with Crippen LogP contribution >= 0.6 is 11.6 Å². The van der Waals surface area contributed by atoms with E-state index >= 15 is 8.78 Å². The van der Waals surface area contributed by atoms with Crippen LogP contribution in [0.2, 0.25) is 5.15 Å². The highest BCUT2D eigenvalue weighted by Crippen LogP contribution is 2.47. The highest BCUT2D eigenvalue weighted by atomic mass is 35.5. The van der Waals surface area contributed by atoms with E-state index in [1.54, 1.807) is 43.5 Å². The van der Waals surface area contributed by atoms with E-state index in [1.165, 1.54) is 24.3 Å². The number of esters is 2. The van der Waals surface area contributed by atoms with Crippen molar-refractivity contribution in [3.05, 3.63) is 185 Å². The summed E-state index contributed by atoms with van der Waals surface area (Å²) >= 11 is 6.76. The lowest BCUT2D eigenvalue weighted by Gasteiger charge is -2.37. The second-order valence-corrected chi connectivity index (χ2v) is 13.7. The molecule has 3 atom stereocenters. The molecule has 0 unspecified atom stereocenters. The molecule has 0 aliphatic carbocycles. The maximum Gasteiger partial charge on any atom is 0.338 e. The SMILES string of the molecule is COc1ccc(C(Nc2nc(Cl)c3ncn([C@@H]4O[C@H](COC(=O)c5ccccc5)[C@@H](OC(=O)c5ccccc5)C4(F)F)c3n2)(c2ccccc2)c2ccccc2)cc1. The summed E-state index contributed by atoms with van der Waals surface area (Å²) in [5.41, 5.74) is 1.40. The molecule has 1 aliphatic rings. The van der Waals surface area contributed by atoms with Crippen molar-refractivity contribution in [2.45, 2.75) is 29.9 Å². The molecular weight excluding hydrogens is 768 g/mol. The van der Waals surface area contributed by atoms with Gasteiger partial charge in [0.2, 0.25) is 12.2 Å². The zero-order valence-corrected chi connectivity index (χ0v) is 31.5. The first kappa shape index (κ1) is 38.2. The van der Waals surface area contributed by atoms with Crippen LogP contribution in [0.4, 0.5) is 14.7 Å². The van der Waals surface area contributed by atoms with Gasteiger partial charge in [-0.3, -0.25) is 4.57 Å². The van der Waals surface area contributed by atoms with E-state index in [4.69, 9.17) is 35.5 Å². The number of benzene rings is 5. The predicted molar refractivity (Wildman–Crippen MR) is 211 cm³/mol. The van der Waals surface area contributed by atoms with Gasteiger partial charge in [-0.25, -0.2) is 14.6 Å². The zero-order valence-electron chi connectivity index (χ0n) is 30.7. The summed E-state index contributed by atoms with van der Waals surface area (Å²) in [7, 11) is 1.58. The molecule has 0 amide bonds. The summed E-state index contributed by atoms with van der Waals surface area (Å²) in [4.78, 5) is 39.7. The number of halogens is 3. The van der Waals surface area contributed by atoms with Crippen molar-refractivity contribution in [1.82, 2.24) is 19.5 Å². The van der Waals surface area contributed by atoms with Gasteiger partial charge in [-0.2, -0.15) is 18.7 Å². The van der Waals surface area contributed by atoms with Crippen LogP contribution in [0.3, 0.4) is 0 Å². The van der Waals surface area contributed by atoms with Crippen LogP contribution in [-0.2, 0) is 19.7 Å². The molecule has 0 bridgehead atoms. The van der Waals surface area contributed by atoms with Crippen LogP contribution in [0.15, 0.2) is 152 Å². The minimum absolute atomic E-state index is 0.0119. The van der Waals surface area contributed by atoms with E-state index < -0.39 is 48.4 Å². The summed E-state index contributed by atoms with van der Waals surface area (Å²) in [5.74, 6) is -5.08. The fourth-order valence-corrected chi connectivity index (χ4v) is 7.25. The highest BCUT2D eigenvalue weighted by molar-refractivity contribution is 6.33. The standard InChI is InChI=1S/C44H34ClF2N5O6/c1-55-33-24-22-32(23-25-33)43(30-18-10-4-11-19-30,31-20-12-5-13-21-31)51-42-49-37(45)35-38(50-42)52(27-48-35)41-44(46,47)36(58-40(54)29-16-8-3-9-17-29)34(57-41)26-56-39(53)28-14-6-2-7-15-28/h2-25,27,34,36,41H,26H2,1H3,(H,49,50,51)/t34-,36-,41-/m1/s1. The normalized spacial score (nSPS) is 17.4. The van der Waals surface area contributed by atoms with Crippen molar-refractivity contribution in [3.8, 4) is 5.75 Å². The van der Waals surface area contributed by atoms with Gasteiger partial charge in [0, 0.05) is 0 Å². The van der Waals surface area contributed by atoms with Gasteiger partial charge < -0.3 is 24.3 Å². The van der Waals surface area contributed by atoms with Crippen molar-refractivity contribution >= 4 is 40.7 Å². The fraction of sp³-hybridized carbons (Fsp3) is 0.159. The number of methoxy groups -OCH3 is 1. The molecule has 2 aromatic heterocycles. The summed E-state index contributed by atoms with van der Waals surface area (Å²) in [5, 5.41) is 3.38. The molecule has 1 fully saturated rings. The van der Waals surface area contributed by atoms with Crippen molar-refractivity contribution in [1.29, 1.82) is 0 Å². The number of carbonyl (C=O) groups is 2. The second kappa shape index (κ2) is 16.0. The summed E-state index contributed by atoms with van der Waals surface area (Å²) < 4.78 is 57.0. The number of aromatic nitrogens is 4. The van der Waals surface area contributed by atoms with Gasteiger partial charge in [0.15, 0.2) is 16.9 Å². The molecule has 5 aromatic carbocycles. The number of hydrogen-bond donors (Lipinski definition) is 1. The van der Waals surface area contributed by atoms with Gasteiger partial charge in [-0.05, 0) is 53.1 Å². The molecule has 1 saturated heterocycles. The first-order valence-corrected chi connectivity index (χ1v) is 18.5. The molecule has 58 heavy (non-hydrogen) atoms. The highest BCUT2D eigenvalue weighted by Gasteiger charge is 2.63. The van der Waals surface area contributed by atoms with Crippen molar-refractivity contribution in [3.63, 3.8) is 0 Å². The monoisotopic (exact) mass is 801 g/mol. The molecule has 1 N–H and O–H groups in total. The topological polar surface area (TPSA) is 127 Å². The van der Waals surface area contributed by atoms with Gasteiger partial charge in [-0.15, -0.1) is 0 Å². The Morgan fingerprint density at radius 2 is 1.31 bits per heavy atom. The molecule has 1 aliphatic heterocycles. The third kappa shape index (κ3) is 7.21. The van der Waals surface area contributed by atoms with E-state index in [-0.39, 0.29) is 33.4 Å². The third-order valence-corrected chi connectivity index (χ3v) is 10.1. The number of anilines is 1. The van der Waals surface area contributed by atoms with Crippen LogP contribution in [0.5, 0.6) is 5.75 Å². The van der Waals surface area contributed by atoms with Crippen molar-refractivity contribution in [2.75, 3.05) is 19.0 Å². The molecule has 3 heterocycles. The number of rotatable bonds is 12. The Morgan fingerprint density at radius 3 is 1.88 bits per heavy atom. The van der Waals surface area contributed by atoms with Gasteiger partial charge in [0.05, 0.1) is 24.6 Å². The molecule has 11 nitrogen and oxygen atoms in total. The molecule has 0 saturated carbocycles. The molecule has 0 radical (unpaired) electrons. The molecule has 14 heteroatoms. The zero-order chi connectivity index (χ0) is 40.3. The van der Waals surface area contributed by atoms with Crippen molar-refractivity contribution in [2.24, 2.45) is 0 Å². The van der Waals surface area contributed by atoms with Crippen molar-refractivity contribution < 1.29 is 37.3 Å². The lowest BCUT2D eigenvalue weighted by molar-refractivity contribution is -0.140. The second-order valence-electron chi connectivity index (χ2n) is 13.4. The van der Waals surface area contributed by atoms with Crippen LogP contribution in [-0.4, -0.2) is 63.3 Å². The largest absolute Gasteiger partial charge is 0.497 e. The Balaban J connectivity index is 1.20. The number of ether oxygens (including phenoxy) is 4. The summed E-state index contributed by atoms with van der Waals surface area (Å²) in [6, 6.07) is 42.4. The van der Waals surface area contributed by atoms with Crippen LogP contribution in [0, 0.1) is 0 Å². The minimum Gasteiger partial charge on any atom is -0.497 e. The number of nitrogens with zero attached hydrogens (tertiary/aromatic N) is 4. The van der Waals surface area contributed by atoms with E-state index in [0.29, 0.717) is 5.75 Å². The molecule has 7 aromatic rings. The summed E-state index contributed by atoms with van der Waals surface area (Å²) in [6.45, 7) is -0.666. The van der Waals surface area contributed by atoms with E-state index in [9.17, 15) is 9.59 Å². The number of carbonyl (C=O) groups excluding carboxylic acids is 2. The number of nitrogens with one attached hydrogen (secondary N) is 1. The average Bonchev–Trinajstić information content (AvgIpc) is 3.80. The Bertz CT molecular complexity index is 2490. The number of fused-ring (bicyclic) bond motifs is 1.